The molecule has 8 heteroatoms. The Hall–Kier alpha value is -2.57. The van der Waals surface area contributed by atoms with E-state index in [1.54, 1.807) is 0 Å². The molecule has 0 fully saturated rings. The van der Waals surface area contributed by atoms with Gasteiger partial charge in [-0.15, -0.1) is 0 Å². The van der Waals surface area contributed by atoms with Gasteiger partial charge < -0.3 is 16.0 Å². The van der Waals surface area contributed by atoms with E-state index in [2.05, 4.69) is 16.0 Å². The van der Waals surface area contributed by atoms with Crippen molar-refractivity contribution in [3.63, 3.8) is 0 Å². The predicted molar refractivity (Wildman–Crippen MR) is 114 cm³/mol. The van der Waals surface area contributed by atoms with E-state index in [0.29, 0.717) is 5.02 Å². The fourth-order valence-electron chi connectivity index (χ4n) is 2.64. The van der Waals surface area contributed by atoms with Crippen molar-refractivity contribution in [1.82, 2.24) is 16.0 Å². The number of amides is 3. The van der Waals surface area contributed by atoms with Crippen LogP contribution in [0.15, 0.2) is 42.5 Å². The van der Waals surface area contributed by atoms with E-state index < -0.39 is 11.8 Å². The lowest BCUT2D eigenvalue weighted by Gasteiger charge is -2.18. The van der Waals surface area contributed by atoms with E-state index in [0.717, 1.165) is 17.5 Å². The fraction of sp³-hybridized carbons (Fsp3) is 0.286. The molecule has 0 aliphatic heterocycles. The topological polar surface area (TPSA) is 87.3 Å². The number of rotatable bonds is 8. The molecule has 0 heterocycles. The summed E-state index contributed by atoms with van der Waals surface area (Å²) in [7, 11) is 0. The average molecular weight is 436 g/mol. The van der Waals surface area contributed by atoms with Gasteiger partial charge in [0.15, 0.2) is 0 Å². The second kappa shape index (κ2) is 10.8. The summed E-state index contributed by atoms with van der Waals surface area (Å²) in [6.45, 7) is 3.51. The summed E-state index contributed by atoms with van der Waals surface area (Å²) < 4.78 is 0. The number of hydrogen-bond donors (Lipinski definition) is 3. The van der Waals surface area contributed by atoms with Crippen LogP contribution in [0.2, 0.25) is 10.0 Å². The molecule has 0 aliphatic rings. The molecule has 3 amide bonds. The quantitative estimate of drug-likeness (QED) is 0.593. The number of halogens is 2. The van der Waals surface area contributed by atoms with Crippen molar-refractivity contribution in [3.05, 3.63) is 69.2 Å². The number of carbonyl (C=O) groups excluding carboxylic acids is 3. The van der Waals surface area contributed by atoms with Crippen LogP contribution in [0.4, 0.5) is 0 Å². The van der Waals surface area contributed by atoms with E-state index in [9.17, 15) is 14.4 Å². The molecule has 1 atom stereocenters. The third-order valence-corrected chi connectivity index (χ3v) is 4.80. The highest BCUT2D eigenvalue weighted by Gasteiger charge is 2.15. The van der Waals surface area contributed by atoms with Crippen molar-refractivity contribution in [2.24, 2.45) is 0 Å². The number of carbonyl (C=O) groups is 3. The molecule has 2 aromatic rings. The standard InChI is InChI=1S/C21H23Cl2N3O3/c1-3-18(14-6-4-13(2)5-7-14)26-20(28)12-24-19(27)11-25-21(29)16-9-8-15(22)10-17(16)23/h4-10,18H,3,11-12H2,1-2H3,(H,24,27)(H,25,29)(H,26,28)/t18-/m0/s1. The fourth-order valence-corrected chi connectivity index (χ4v) is 3.13. The van der Waals surface area contributed by atoms with Gasteiger partial charge in [0.2, 0.25) is 11.8 Å². The molecule has 6 nitrogen and oxygen atoms in total. The molecule has 0 aromatic heterocycles. The van der Waals surface area contributed by atoms with Crippen LogP contribution >= 0.6 is 23.2 Å². The predicted octanol–water partition coefficient (Wildman–Crippen LogP) is 3.42. The smallest absolute Gasteiger partial charge is 0.253 e. The Morgan fingerprint density at radius 3 is 2.21 bits per heavy atom. The zero-order valence-corrected chi connectivity index (χ0v) is 17.7. The molecule has 0 radical (unpaired) electrons. The second-order valence-corrected chi connectivity index (χ2v) is 7.37. The summed E-state index contributed by atoms with van der Waals surface area (Å²) in [5.41, 5.74) is 2.36. The first kappa shape index (κ1) is 22.7. The Labute approximate surface area is 180 Å². The maximum atomic E-state index is 12.2. The molecule has 3 N–H and O–H groups in total. The summed E-state index contributed by atoms with van der Waals surface area (Å²) in [4.78, 5) is 36.2. The lowest BCUT2D eigenvalue weighted by Crippen LogP contribution is -2.42. The van der Waals surface area contributed by atoms with Gasteiger partial charge in [-0.25, -0.2) is 0 Å². The zero-order chi connectivity index (χ0) is 21.4. The minimum atomic E-state index is -0.503. The van der Waals surface area contributed by atoms with Crippen LogP contribution in [-0.4, -0.2) is 30.8 Å². The Kier molecular flexibility index (Phi) is 8.49. The molecule has 0 bridgehead atoms. The summed E-state index contributed by atoms with van der Waals surface area (Å²) in [6.07, 6.45) is 0.723. The lowest BCUT2D eigenvalue weighted by molar-refractivity contribution is -0.126. The minimum absolute atomic E-state index is 0.133. The Bertz CT molecular complexity index is 885. The van der Waals surface area contributed by atoms with Crippen LogP contribution in [0.5, 0.6) is 0 Å². The zero-order valence-electron chi connectivity index (χ0n) is 16.2. The van der Waals surface area contributed by atoms with Gasteiger partial charge in [-0.1, -0.05) is 60.0 Å². The van der Waals surface area contributed by atoms with E-state index in [4.69, 9.17) is 23.2 Å². The average Bonchev–Trinajstić information content (AvgIpc) is 2.69. The van der Waals surface area contributed by atoms with Crippen LogP contribution in [0.25, 0.3) is 0 Å². The normalized spacial score (nSPS) is 11.4. The first-order valence-electron chi connectivity index (χ1n) is 9.16. The van der Waals surface area contributed by atoms with E-state index in [1.165, 1.54) is 18.2 Å². The third kappa shape index (κ3) is 7.07. The Balaban J connectivity index is 1.78. The van der Waals surface area contributed by atoms with Crippen molar-refractivity contribution in [2.75, 3.05) is 13.1 Å². The van der Waals surface area contributed by atoms with Crippen LogP contribution in [-0.2, 0) is 9.59 Å². The maximum Gasteiger partial charge on any atom is 0.253 e. The minimum Gasteiger partial charge on any atom is -0.348 e. The molecule has 0 saturated heterocycles. The highest BCUT2D eigenvalue weighted by molar-refractivity contribution is 6.36. The van der Waals surface area contributed by atoms with E-state index in [-0.39, 0.29) is 35.6 Å². The molecular weight excluding hydrogens is 413 g/mol. The van der Waals surface area contributed by atoms with Gasteiger partial charge in [-0.05, 0) is 37.1 Å². The first-order chi connectivity index (χ1) is 13.8. The van der Waals surface area contributed by atoms with Gasteiger partial charge in [-0.2, -0.15) is 0 Å². The van der Waals surface area contributed by atoms with Crippen molar-refractivity contribution >= 4 is 40.9 Å². The van der Waals surface area contributed by atoms with Gasteiger partial charge >= 0.3 is 0 Å². The van der Waals surface area contributed by atoms with Crippen molar-refractivity contribution in [3.8, 4) is 0 Å². The second-order valence-electron chi connectivity index (χ2n) is 6.52. The van der Waals surface area contributed by atoms with Crippen molar-refractivity contribution < 1.29 is 14.4 Å². The van der Waals surface area contributed by atoms with Crippen LogP contribution in [0, 0.1) is 6.92 Å². The van der Waals surface area contributed by atoms with Crippen LogP contribution < -0.4 is 16.0 Å². The highest BCUT2D eigenvalue weighted by atomic mass is 35.5. The molecule has 0 saturated carbocycles. The van der Waals surface area contributed by atoms with Gasteiger partial charge in [-0.3, -0.25) is 14.4 Å². The summed E-state index contributed by atoms with van der Waals surface area (Å²) in [5, 5.41) is 8.43. The van der Waals surface area contributed by atoms with Gasteiger partial charge in [0, 0.05) is 5.02 Å². The molecule has 0 unspecified atom stereocenters. The number of aryl methyl sites for hydroxylation is 1. The van der Waals surface area contributed by atoms with Crippen LogP contribution in [0.1, 0.15) is 40.9 Å². The molecule has 2 rings (SSSR count). The van der Waals surface area contributed by atoms with Crippen LogP contribution in [0.3, 0.4) is 0 Å². The van der Waals surface area contributed by atoms with Gasteiger partial charge in [0.05, 0.1) is 29.7 Å². The number of benzene rings is 2. The molecule has 0 aliphatic carbocycles. The maximum absolute atomic E-state index is 12.2. The molecule has 2 aromatic carbocycles. The summed E-state index contributed by atoms with van der Waals surface area (Å²) in [6, 6.07) is 12.2. The molecule has 29 heavy (non-hydrogen) atoms. The Morgan fingerprint density at radius 2 is 1.59 bits per heavy atom. The van der Waals surface area contributed by atoms with E-state index in [1.807, 2.05) is 38.1 Å². The first-order valence-corrected chi connectivity index (χ1v) is 9.91. The SMILES string of the molecule is CC[C@H](NC(=O)CNC(=O)CNC(=O)c1ccc(Cl)cc1Cl)c1ccc(C)cc1. The van der Waals surface area contributed by atoms with Gasteiger partial charge in [0.1, 0.15) is 0 Å². The monoisotopic (exact) mass is 435 g/mol. The van der Waals surface area contributed by atoms with Crippen molar-refractivity contribution in [1.29, 1.82) is 0 Å². The third-order valence-electron chi connectivity index (χ3n) is 4.25. The number of nitrogens with one attached hydrogen (secondary N) is 3. The van der Waals surface area contributed by atoms with E-state index >= 15 is 0 Å². The summed E-state index contributed by atoms with van der Waals surface area (Å²) >= 11 is 11.8. The summed E-state index contributed by atoms with van der Waals surface area (Å²) in [5.74, 6) is -1.29. The largest absolute Gasteiger partial charge is 0.348 e. The Morgan fingerprint density at radius 1 is 0.931 bits per heavy atom. The highest BCUT2D eigenvalue weighted by Crippen LogP contribution is 2.20. The lowest BCUT2D eigenvalue weighted by atomic mass is 10.0. The molecule has 0 spiro atoms. The molecule has 154 valence electrons. The molecular formula is C21H23Cl2N3O3. The number of hydrogen-bond acceptors (Lipinski definition) is 3. The van der Waals surface area contributed by atoms with Crippen molar-refractivity contribution in [2.45, 2.75) is 26.3 Å². The van der Waals surface area contributed by atoms with Gasteiger partial charge in [0.25, 0.3) is 5.91 Å².